The SMILES string of the molecule is CCCNS(=O)(=O)c1cc(CNCC)ccc1OC. The maximum Gasteiger partial charge on any atom is 0.244 e. The second-order valence-corrected chi connectivity index (χ2v) is 5.90. The minimum Gasteiger partial charge on any atom is -0.495 e. The van der Waals surface area contributed by atoms with Crippen molar-refractivity contribution in [2.24, 2.45) is 0 Å². The van der Waals surface area contributed by atoms with Crippen LogP contribution in [0.1, 0.15) is 25.8 Å². The van der Waals surface area contributed by atoms with Gasteiger partial charge in [0.2, 0.25) is 10.0 Å². The summed E-state index contributed by atoms with van der Waals surface area (Å²) in [5.41, 5.74) is 0.916. The molecule has 1 aromatic rings. The van der Waals surface area contributed by atoms with Crippen LogP contribution >= 0.6 is 0 Å². The summed E-state index contributed by atoms with van der Waals surface area (Å²) in [6, 6.07) is 5.20. The van der Waals surface area contributed by atoms with Gasteiger partial charge in [-0.05, 0) is 30.7 Å². The first-order valence-electron chi connectivity index (χ1n) is 6.42. The van der Waals surface area contributed by atoms with Gasteiger partial charge in [-0.25, -0.2) is 13.1 Å². The Morgan fingerprint density at radius 1 is 1.26 bits per heavy atom. The third kappa shape index (κ3) is 4.49. The van der Waals surface area contributed by atoms with Crippen LogP contribution in [0.4, 0.5) is 0 Å². The predicted molar refractivity (Wildman–Crippen MR) is 75.9 cm³/mol. The monoisotopic (exact) mass is 286 g/mol. The first kappa shape index (κ1) is 15.9. The minimum absolute atomic E-state index is 0.193. The molecule has 0 heterocycles. The van der Waals surface area contributed by atoms with E-state index in [1.54, 1.807) is 12.1 Å². The molecule has 108 valence electrons. The Labute approximate surface area is 115 Å². The standard InChI is InChI=1S/C13H22N2O3S/c1-4-8-15-19(16,17)13-9-11(10-14-5-2)6-7-12(13)18-3/h6-7,9,14-15H,4-5,8,10H2,1-3H3. The summed E-state index contributed by atoms with van der Waals surface area (Å²) >= 11 is 0. The van der Waals surface area contributed by atoms with Gasteiger partial charge in [0.15, 0.2) is 0 Å². The van der Waals surface area contributed by atoms with Crippen LogP contribution in [0.25, 0.3) is 0 Å². The van der Waals surface area contributed by atoms with Crippen molar-refractivity contribution < 1.29 is 13.2 Å². The molecule has 0 saturated heterocycles. The molecule has 2 N–H and O–H groups in total. The summed E-state index contributed by atoms with van der Waals surface area (Å²) in [4.78, 5) is 0.193. The van der Waals surface area contributed by atoms with Crippen LogP contribution < -0.4 is 14.8 Å². The third-order valence-corrected chi connectivity index (χ3v) is 4.12. The fourth-order valence-electron chi connectivity index (χ4n) is 1.62. The number of hydrogen-bond acceptors (Lipinski definition) is 4. The summed E-state index contributed by atoms with van der Waals surface area (Å²) in [6.07, 6.45) is 0.749. The number of sulfonamides is 1. The van der Waals surface area contributed by atoms with Crippen LogP contribution in [-0.2, 0) is 16.6 Å². The first-order chi connectivity index (χ1) is 9.05. The molecule has 0 aliphatic heterocycles. The maximum atomic E-state index is 12.2. The molecule has 0 aliphatic rings. The molecule has 0 atom stereocenters. The molecule has 0 amide bonds. The summed E-state index contributed by atoms with van der Waals surface area (Å²) in [5, 5.41) is 3.17. The van der Waals surface area contributed by atoms with Gasteiger partial charge in [0, 0.05) is 13.1 Å². The number of ether oxygens (including phenoxy) is 1. The average Bonchev–Trinajstić information content (AvgIpc) is 2.42. The normalized spacial score (nSPS) is 11.5. The van der Waals surface area contributed by atoms with E-state index in [1.807, 2.05) is 19.9 Å². The molecule has 0 unspecified atom stereocenters. The molecule has 19 heavy (non-hydrogen) atoms. The lowest BCUT2D eigenvalue weighted by molar-refractivity contribution is 0.402. The van der Waals surface area contributed by atoms with E-state index in [2.05, 4.69) is 10.0 Å². The van der Waals surface area contributed by atoms with Crippen molar-refractivity contribution in [1.29, 1.82) is 0 Å². The van der Waals surface area contributed by atoms with E-state index in [9.17, 15) is 8.42 Å². The number of methoxy groups -OCH3 is 1. The molecule has 0 bridgehead atoms. The third-order valence-electron chi connectivity index (χ3n) is 2.64. The zero-order valence-corrected chi connectivity index (χ0v) is 12.5. The summed E-state index contributed by atoms with van der Waals surface area (Å²) in [6.45, 7) is 5.81. The molecule has 0 aliphatic carbocycles. The molecule has 0 saturated carbocycles. The second kappa shape index (κ2) is 7.47. The van der Waals surface area contributed by atoms with Crippen molar-refractivity contribution in [3.63, 3.8) is 0 Å². The molecule has 1 aromatic carbocycles. The number of nitrogens with one attached hydrogen (secondary N) is 2. The van der Waals surface area contributed by atoms with Crippen molar-refractivity contribution in [2.75, 3.05) is 20.2 Å². The Morgan fingerprint density at radius 3 is 2.58 bits per heavy atom. The lowest BCUT2D eigenvalue weighted by atomic mass is 10.2. The van der Waals surface area contributed by atoms with E-state index in [0.29, 0.717) is 18.8 Å². The quantitative estimate of drug-likeness (QED) is 0.760. The van der Waals surface area contributed by atoms with Crippen LogP contribution in [0.15, 0.2) is 23.1 Å². The fraction of sp³-hybridized carbons (Fsp3) is 0.538. The van der Waals surface area contributed by atoms with Crippen LogP contribution in [0, 0.1) is 0 Å². The molecular formula is C13H22N2O3S. The van der Waals surface area contributed by atoms with Crippen molar-refractivity contribution in [1.82, 2.24) is 10.0 Å². The van der Waals surface area contributed by atoms with E-state index in [0.717, 1.165) is 18.5 Å². The first-order valence-corrected chi connectivity index (χ1v) is 7.90. The molecule has 0 spiro atoms. The highest BCUT2D eigenvalue weighted by Gasteiger charge is 2.19. The van der Waals surface area contributed by atoms with Crippen molar-refractivity contribution in [3.8, 4) is 5.75 Å². The van der Waals surface area contributed by atoms with E-state index in [1.165, 1.54) is 7.11 Å². The van der Waals surface area contributed by atoms with E-state index in [-0.39, 0.29) is 4.90 Å². The topological polar surface area (TPSA) is 67.4 Å². The van der Waals surface area contributed by atoms with Crippen molar-refractivity contribution >= 4 is 10.0 Å². The van der Waals surface area contributed by atoms with Gasteiger partial charge < -0.3 is 10.1 Å². The summed E-state index contributed by atoms with van der Waals surface area (Å²) < 4.78 is 32.1. The highest BCUT2D eigenvalue weighted by atomic mass is 32.2. The smallest absolute Gasteiger partial charge is 0.244 e. The Balaban J connectivity index is 3.08. The molecule has 0 radical (unpaired) electrons. The lowest BCUT2D eigenvalue weighted by Crippen LogP contribution is -2.25. The van der Waals surface area contributed by atoms with Crippen LogP contribution in [0.2, 0.25) is 0 Å². The maximum absolute atomic E-state index is 12.2. The number of rotatable bonds is 8. The minimum atomic E-state index is -3.52. The Kier molecular flexibility index (Phi) is 6.27. The fourth-order valence-corrected chi connectivity index (χ4v) is 2.98. The molecule has 5 nitrogen and oxygen atoms in total. The van der Waals surface area contributed by atoms with Crippen LogP contribution in [-0.4, -0.2) is 28.6 Å². The lowest BCUT2D eigenvalue weighted by Gasteiger charge is -2.12. The highest BCUT2D eigenvalue weighted by Crippen LogP contribution is 2.24. The zero-order valence-electron chi connectivity index (χ0n) is 11.7. The second-order valence-electron chi connectivity index (χ2n) is 4.16. The van der Waals surface area contributed by atoms with Crippen LogP contribution in [0.3, 0.4) is 0 Å². The van der Waals surface area contributed by atoms with Gasteiger partial charge in [-0.2, -0.15) is 0 Å². The zero-order chi connectivity index (χ0) is 14.3. The number of hydrogen-bond donors (Lipinski definition) is 2. The van der Waals surface area contributed by atoms with E-state index >= 15 is 0 Å². The van der Waals surface area contributed by atoms with Gasteiger partial charge in [0.05, 0.1) is 7.11 Å². The van der Waals surface area contributed by atoms with Crippen LogP contribution in [0.5, 0.6) is 5.75 Å². The Morgan fingerprint density at radius 2 is 2.00 bits per heavy atom. The summed E-state index contributed by atoms with van der Waals surface area (Å²) in [7, 11) is -2.05. The van der Waals surface area contributed by atoms with E-state index in [4.69, 9.17) is 4.74 Å². The van der Waals surface area contributed by atoms with Gasteiger partial charge >= 0.3 is 0 Å². The molecular weight excluding hydrogens is 264 g/mol. The van der Waals surface area contributed by atoms with Gasteiger partial charge in [-0.1, -0.05) is 19.9 Å². The largest absolute Gasteiger partial charge is 0.495 e. The molecule has 0 aromatic heterocycles. The summed E-state index contributed by atoms with van der Waals surface area (Å²) in [5.74, 6) is 0.365. The Bertz CT molecular complexity index is 501. The Hall–Kier alpha value is -1.11. The number of benzene rings is 1. The van der Waals surface area contributed by atoms with Gasteiger partial charge in [0.25, 0.3) is 0 Å². The predicted octanol–water partition coefficient (Wildman–Crippen LogP) is 1.49. The molecule has 1 rings (SSSR count). The van der Waals surface area contributed by atoms with Gasteiger partial charge in [-0.15, -0.1) is 0 Å². The average molecular weight is 286 g/mol. The molecule has 6 heteroatoms. The van der Waals surface area contributed by atoms with Crippen molar-refractivity contribution in [2.45, 2.75) is 31.7 Å². The molecule has 0 fully saturated rings. The van der Waals surface area contributed by atoms with Gasteiger partial charge in [0.1, 0.15) is 10.6 Å². The van der Waals surface area contributed by atoms with E-state index < -0.39 is 10.0 Å². The van der Waals surface area contributed by atoms with Crippen molar-refractivity contribution in [3.05, 3.63) is 23.8 Å². The van der Waals surface area contributed by atoms with Gasteiger partial charge in [-0.3, -0.25) is 0 Å². The highest BCUT2D eigenvalue weighted by molar-refractivity contribution is 7.89.